The number of hydrogen-bond donors (Lipinski definition) is 2. The first-order valence-electron chi connectivity index (χ1n) is 3.55. The summed E-state index contributed by atoms with van der Waals surface area (Å²) in [5.74, 6) is -0.240. The summed E-state index contributed by atoms with van der Waals surface area (Å²) in [5, 5.41) is 4.95. The summed E-state index contributed by atoms with van der Waals surface area (Å²) in [6, 6.07) is -0.382. The Morgan fingerprint density at radius 3 is 2.55 bits per heavy atom. The highest BCUT2D eigenvalue weighted by molar-refractivity contribution is 5.98. The molecule has 1 saturated heterocycles. The second-order valence-corrected chi connectivity index (χ2v) is 2.88. The molecule has 1 atom stereocenters. The van der Waals surface area contributed by atoms with Crippen molar-refractivity contribution in [1.82, 2.24) is 10.6 Å². The predicted molar refractivity (Wildman–Crippen MR) is 39.2 cm³/mol. The van der Waals surface area contributed by atoms with Gasteiger partial charge in [-0.05, 0) is 5.92 Å². The number of piperazine rings is 1. The number of carbonyl (C=O) groups is 2. The molecule has 0 aromatic carbocycles. The summed E-state index contributed by atoms with van der Waals surface area (Å²) in [4.78, 5) is 21.8. The van der Waals surface area contributed by atoms with E-state index in [9.17, 15) is 9.59 Å². The highest BCUT2D eigenvalue weighted by atomic mass is 16.2. The van der Waals surface area contributed by atoms with Crippen LogP contribution in [0.25, 0.3) is 0 Å². The monoisotopic (exact) mass is 155 g/mol. The Labute approximate surface area is 65.3 Å². The quantitative estimate of drug-likeness (QED) is 0.532. The zero-order chi connectivity index (χ0) is 8.43. The van der Waals surface area contributed by atoms with Crippen LogP contribution in [0.2, 0.25) is 0 Å². The average molecular weight is 155 g/mol. The van der Waals surface area contributed by atoms with Gasteiger partial charge in [-0.2, -0.15) is 0 Å². The molecule has 1 aliphatic heterocycles. The molecule has 1 rings (SSSR count). The first-order chi connectivity index (χ1) is 5.11. The Hall–Kier alpha value is -1.06. The molecule has 1 heterocycles. The van der Waals surface area contributed by atoms with Crippen LogP contribution in [0.5, 0.6) is 0 Å². The normalized spacial score (nSPS) is 24.8. The second kappa shape index (κ2) is 2.90. The molecular formula is C7H11N2O2. The second-order valence-electron chi connectivity index (χ2n) is 2.88. The van der Waals surface area contributed by atoms with E-state index in [1.54, 1.807) is 0 Å². The molecule has 0 saturated carbocycles. The Balaban J connectivity index is 2.61. The van der Waals surface area contributed by atoms with E-state index in [4.69, 9.17) is 0 Å². The number of amides is 2. The molecule has 0 aliphatic carbocycles. The molecule has 1 unspecified atom stereocenters. The van der Waals surface area contributed by atoms with Gasteiger partial charge in [-0.15, -0.1) is 0 Å². The van der Waals surface area contributed by atoms with E-state index in [0.717, 1.165) is 6.54 Å². The summed E-state index contributed by atoms with van der Waals surface area (Å²) in [7, 11) is 0. The number of nitrogens with one attached hydrogen (secondary N) is 2. The van der Waals surface area contributed by atoms with E-state index in [0.29, 0.717) is 0 Å². The van der Waals surface area contributed by atoms with Crippen molar-refractivity contribution in [2.24, 2.45) is 5.92 Å². The molecule has 1 fully saturated rings. The Bertz CT molecular complexity index is 189. The Kier molecular flexibility index (Phi) is 2.12. The van der Waals surface area contributed by atoms with Crippen LogP contribution in [-0.4, -0.2) is 17.9 Å². The van der Waals surface area contributed by atoms with Crippen LogP contribution in [-0.2, 0) is 9.59 Å². The van der Waals surface area contributed by atoms with Crippen molar-refractivity contribution >= 4 is 11.8 Å². The first kappa shape index (κ1) is 8.04. The van der Waals surface area contributed by atoms with Crippen LogP contribution in [0.1, 0.15) is 13.8 Å². The van der Waals surface area contributed by atoms with Gasteiger partial charge in [0.25, 0.3) is 0 Å². The van der Waals surface area contributed by atoms with Gasteiger partial charge >= 0.3 is 0 Å². The lowest BCUT2D eigenvalue weighted by Gasteiger charge is -2.25. The molecule has 1 radical (unpaired) electrons. The third kappa shape index (κ3) is 1.69. The Morgan fingerprint density at radius 1 is 1.45 bits per heavy atom. The molecule has 0 spiro atoms. The first-order valence-corrected chi connectivity index (χ1v) is 3.55. The topological polar surface area (TPSA) is 58.2 Å². The number of carbonyl (C=O) groups excluding carboxylic acids is 2. The summed E-state index contributed by atoms with van der Waals surface area (Å²) >= 11 is 0. The highest BCUT2D eigenvalue weighted by Crippen LogP contribution is 2.04. The van der Waals surface area contributed by atoms with Gasteiger partial charge in [0, 0.05) is 0 Å². The summed E-state index contributed by atoms with van der Waals surface area (Å²) in [6.45, 7) is 4.91. The largest absolute Gasteiger partial charge is 0.342 e. The standard InChI is InChI=1S/C7H11N2O2/c1-4(2)6-7(11)8-3-5(10)9-6/h3-4,6H,1-2H3,(H,8,11)(H,9,10). The van der Waals surface area contributed by atoms with Gasteiger partial charge in [0.05, 0.1) is 0 Å². The third-order valence-corrected chi connectivity index (χ3v) is 1.59. The maximum Gasteiger partial charge on any atom is 0.245 e. The minimum Gasteiger partial charge on any atom is -0.342 e. The van der Waals surface area contributed by atoms with Gasteiger partial charge in [0.2, 0.25) is 11.8 Å². The molecule has 4 nitrogen and oxygen atoms in total. The van der Waals surface area contributed by atoms with Crippen molar-refractivity contribution in [3.8, 4) is 0 Å². The third-order valence-electron chi connectivity index (χ3n) is 1.59. The number of rotatable bonds is 1. The molecule has 11 heavy (non-hydrogen) atoms. The predicted octanol–water partition coefficient (Wildman–Crippen LogP) is -0.581. The lowest BCUT2D eigenvalue weighted by molar-refractivity contribution is -0.132. The minimum atomic E-state index is -0.382. The van der Waals surface area contributed by atoms with E-state index < -0.39 is 0 Å². The average Bonchev–Trinajstić information content (AvgIpc) is 1.94. The molecule has 61 valence electrons. The summed E-state index contributed by atoms with van der Waals surface area (Å²) in [6.07, 6.45) is 0. The summed E-state index contributed by atoms with van der Waals surface area (Å²) in [5.41, 5.74) is 0. The van der Waals surface area contributed by atoms with Gasteiger partial charge in [-0.25, -0.2) is 0 Å². The smallest absolute Gasteiger partial charge is 0.245 e. The molecular weight excluding hydrogens is 144 g/mol. The number of hydrogen-bond acceptors (Lipinski definition) is 2. The van der Waals surface area contributed by atoms with Gasteiger partial charge < -0.3 is 10.6 Å². The maximum absolute atomic E-state index is 11.0. The van der Waals surface area contributed by atoms with Crippen LogP contribution >= 0.6 is 0 Å². The van der Waals surface area contributed by atoms with Crippen molar-refractivity contribution in [2.45, 2.75) is 19.9 Å². The van der Waals surface area contributed by atoms with Crippen LogP contribution in [0.3, 0.4) is 0 Å². The lowest BCUT2D eigenvalue weighted by atomic mass is 10.0. The fourth-order valence-electron chi connectivity index (χ4n) is 0.956. The van der Waals surface area contributed by atoms with E-state index in [1.165, 1.54) is 0 Å². The van der Waals surface area contributed by atoms with E-state index in [1.807, 2.05) is 13.8 Å². The molecule has 0 aromatic rings. The van der Waals surface area contributed by atoms with Crippen LogP contribution in [0.4, 0.5) is 0 Å². The molecule has 4 heteroatoms. The molecule has 1 aliphatic rings. The zero-order valence-electron chi connectivity index (χ0n) is 6.55. The van der Waals surface area contributed by atoms with Crippen molar-refractivity contribution in [1.29, 1.82) is 0 Å². The summed E-state index contributed by atoms with van der Waals surface area (Å²) < 4.78 is 0. The van der Waals surface area contributed by atoms with Crippen molar-refractivity contribution in [2.75, 3.05) is 0 Å². The molecule has 0 bridgehead atoms. The van der Waals surface area contributed by atoms with Crippen LogP contribution < -0.4 is 10.6 Å². The van der Waals surface area contributed by atoms with E-state index >= 15 is 0 Å². The lowest BCUT2D eigenvalue weighted by Crippen LogP contribution is -2.55. The van der Waals surface area contributed by atoms with Crippen LogP contribution in [0, 0.1) is 12.5 Å². The van der Waals surface area contributed by atoms with Gasteiger partial charge in [0.1, 0.15) is 12.6 Å². The highest BCUT2D eigenvalue weighted by Gasteiger charge is 2.28. The fourth-order valence-corrected chi connectivity index (χ4v) is 0.956. The molecule has 0 aromatic heterocycles. The SMILES string of the molecule is CC(C)C1NC(=O)[CH]NC1=O. The van der Waals surface area contributed by atoms with Gasteiger partial charge in [-0.1, -0.05) is 13.8 Å². The molecule has 2 N–H and O–H groups in total. The Morgan fingerprint density at radius 2 is 2.09 bits per heavy atom. The van der Waals surface area contributed by atoms with Gasteiger partial charge in [-0.3, -0.25) is 9.59 Å². The van der Waals surface area contributed by atoms with Crippen molar-refractivity contribution in [3.05, 3.63) is 6.54 Å². The minimum absolute atomic E-state index is 0.132. The maximum atomic E-state index is 11.0. The van der Waals surface area contributed by atoms with Crippen molar-refractivity contribution < 1.29 is 9.59 Å². The van der Waals surface area contributed by atoms with E-state index in [-0.39, 0.29) is 23.8 Å². The zero-order valence-corrected chi connectivity index (χ0v) is 6.55. The van der Waals surface area contributed by atoms with Crippen molar-refractivity contribution in [3.63, 3.8) is 0 Å². The molecule has 2 amide bonds. The van der Waals surface area contributed by atoms with Gasteiger partial charge in [0.15, 0.2) is 0 Å². The van der Waals surface area contributed by atoms with E-state index in [2.05, 4.69) is 10.6 Å². The fraction of sp³-hybridized carbons (Fsp3) is 0.571. The van der Waals surface area contributed by atoms with Crippen LogP contribution in [0.15, 0.2) is 0 Å².